The minimum atomic E-state index is -0.533. The van der Waals surface area contributed by atoms with Crippen LogP contribution in [0.15, 0.2) is 54.6 Å². The molecular weight excluding hydrogens is 364 g/mol. The van der Waals surface area contributed by atoms with E-state index in [2.05, 4.69) is 10.6 Å². The SMILES string of the molecule is Cc1ccc(NC(=O)NCC2CCCN(C(=O)[C@@H](N)Cc3ccccc3)C2)cc1. The summed E-state index contributed by atoms with van der Waals surface area (Å²) in [4.78, 5) is 26.7. The fraction of sp³-hybridized carbons (Fsp3) is 0.391. The highest BCUT2D eigenvalue weighted by Gasteiger charge is 2.27. The van der Waals surface area contributed by atoms with Crippen molar-refractivity contribution in [2.24, 2.45) is 11.7 Å². The van der Waals surface area contributed by atoms with Crippen molar-refractivity contribution in [1.29, 1.82) is 0 Å². The largest absolute Gasteiger partial charge is 0.341 e. The number of carbonyl (C=O) groups excluding carboxylic acids is 2. The van der Waals surface area contributed by atoms with Crippen LogP contribution < -0.4 is 16.4 Å². The average Bonchev–Trinajstić information content (AvgIpc) is 2.74. The van der Waals surface area contributed by atoms with Crippen molar-refractivity contribution in [3.63, 3.8) is 0 Å². The Morgan fingerprint density at radius 3 is 2.59 bits per heavy atom. The second kappa shape index (κ2) is 10.1. The molecule has 1 unspecified atom stereocenters. The second-order valence-corrected chi connectivity index (χ2v) is 7.79. The lowest BCUT2D eigenvalue weighted by Crippen LogP contribution is -2.50. The second-order valence-electron chi connectivity index (χ2n) is 7.79. The van der Waals surface area contributed by atoms with Gasteiger partial charge in [0, 0.05) is 25.3 Å². The molecule has 2 aromatic carbocycles. The minimum absolute atomic E-state index is 0.0114. The third-order valence-electron chi connectivity index (χ3n) is 5.31. The number of carbonyl (C=O) groups is 2. The molecule has 0 aliphatic carbocycles. The maximum absolute atomic E-state index is 12.8. The van der Waals surface area contributed by atoms with Crippen LogP contribution in [0, 0.1) is 12.8 Å². The number of nitrogens with zero attached hydrogens (tertiary/aromatic N) is 1. The van der Waals surface area contributed by atoms with Crippen molar-refractivity contribution in [1.82, 2.24) is 10.2 Å². The van der Waals surface area contributed by atoms with Gasteiger partial charge in [-0.05, 0) is 49.8 Å². The van der Waals surface area contributed by atoms with Crippen LogP contribution in [-0.2, 0) is 11.2 Å². The van der Waals surface area contributed by atoms with Gasteiger partial charge >= 0.3 is 6.03 Å². The molecule has 6 heteroatoms. The van der Waals surface area contributed by atoms with Crippen LogP contribution in [0.3, 0.4) is 0 Å². The lowest BCUT2D eigenvalue weighted by atomic mass is 9.96. The molecule has 29 heavy (non-hydrogen) atoms. The van der Waals surface area contributed by atoms with E-state index in [4.69, 9.17) is 5.73 Å². The summed E-state index contributed by atoms with van der Waals surface area (Å²) in [5.41, 5.74) is 9.15. The molecule has 0 aromatic heterocycles. The molecule has 2 aromatic rings. The van der Waals surface area contributed by atoms with Crippen molar-refractivity contribution in [2.75, 3.05) is 25.0 Å². The van der Waals surface area contributed by atoms with Crippen molar-refractivity contribution < 1.29 is 9.59 Å². The van der Waals surface area contributed by atoms with Gasteiger partial charge in [-0.1, -0.05) is 48.0 Å². The van der Waals surface area contributed by atoms with E-state index < -0.39 is 6.04 Å². The molecule has 2 atom stereocenters. The summed E-state index contributed by atoms with van der Waals surface area (Å²) in [6, 6.07) is 16.8. The number of hydrogen-bond donors (Lipinski definition) is 3. The Morgan fingerprint density at radius 1 is 1.14 bits per heavy atom. The highest BCUT2D eigenvalue weighted by Crippen LogP contribution is 2.17. The summed E-state index contributed by atoms with van der Waals surface area (Å²) in [7, 11) is 0. The fourth-order valence-corrected chi connectivity index (χ4v) is 3.67. The first-order chi connectivity index (χ1) is 14.0. The van der Waals surface area contributed by atoms with Gasteiger partial charge in [0.15, 0.2) is 0 Å². The summed E-state index contributed by atoms with van der Waals surface area (Å²) in [6.45, 7) is 3.90. The number of nitrogens with one attached hydrogen (secondary N) is 2. The average molecular weight is 395 g/mol. The normalized spacial score (nSPS) is 17.4. The quantitative estimate of drug-likeness (QED) is 0.704. The highest BCUT2D eigenvalue weighted by atomic mass is 16.2. The fourth-order valence-electron chi connectivity index (χ4n) is 3.67. The molecule has 4 N–H and O–H groups in total. The number of benzene rings is 2. The van der Waals surface area contributed by atoms with Gasteiger partial charge in [-0.25, -0.2) is 4.79 Å². The van der Waals surface area contributed by atoms with Crippen LogP contribution in [0.4, 0.5) is 10.5 Å². The third kappa shape index (κ3) is 6.32. The van der Waals surface area contributed by atoms with E-state index in [9.17, 15) is 9.59 Å². The molecule has 0 bridgehead atoms. The van der Waals surface area contributed by atoms with E-state index in [1.807, 2.05) is 66.4 Å². The lowest BCUT2D eigenvalue weighted by Gasteiger charge is -2.34. The van der Waals surface area contributed by atoms with Crippen molar-refractivity contribution in [3.8, 4) is 0 Å². The standard InChI is InChI=1S/C23H30N4O2/c1-17-9-11-20(12-10-17)26-23(29)25-15-19-8-5-13-27(16-19)22(28)21(24)14-18-6-3-2-4-7-18/h2-4,6-7,9-12,19,21H,5,8,13-16,24H2,1H3,(H2,25,26,29)/t19?,21-/m0/s1. The predicted octanol–water partition coefficient (Wildman–Crippen LogP) is 2.93. The Balaban J connectivity index is 1.45. The number of anilines is 1. The molecule has 1 heterocycles. The topological polar surface area (TPSA) is 87.5 Å². The molecule has 3 amide bonds. The van der Waals surface area contributed by atoms with E-state index in [-0.39, 0.29) is 17.9 Å². The molecule has 0 radical (unpaired) electrons. The number of hydrogen-bond acceptors (Lipinski definition) is 3. The van der Waals surface area contributed by atoms with E-state index in [1.54, 1.807) is 0 Å². The van der Waals surface area contributed by atoms with Crippen molar-refractivity contribution >= 4 is 17.6 Å². The van der Waals surface area contributed by atoms with Gasteiger partial charge in [-0.3, -0.25) is 4.79 Å². The minimum Gasteiger partial charge on any atom is -0.341 e. The highest BCUT2D eigenvalue weighted by molar-refractivity contribution is 5.89. The van der Waals surface area contributed by atoms with E-state index >= 15 is 0 Å². The van der Waals surface area contributed by atoms with Crippen LogP contribution in [0.5, 0.6) is 0 Å². The third-order valence-corrected chi connectivity index (χ3v) is 5.31. The number of urea groups is 1. The van der Waals surface area contributed by atoms with Gasteiger partial charge in [-0.15, -0.1) is 0 Å². The zero-order valence-corrected chi connectivity index (χ0v) is 16.9. The molecule has 1 fully saturated rings. The molecule has 6 nitrogen and oxygen atoms in total. The number of nitrogens with two attached hydrogens (primary N) is 1. The van der Waals surface area contributed by atoms with Crippen LogP contribution in [0.2, 0.25) is 0 Å². The maximum atomic E-state index is 12.8. The van der Waals surface area contributed by atoms with E-state index in [1.165, 1.54) is 0 Å². The Morgan fingerprint density at radius 2 is 1.86 bits per heavy atom. The lowest BCUT2D eigenvalue weighted by molar-refractivity contribution is -0.134. The monoisotopic (exact) mass is 394 g/mol. The Labute approximate surface area is 172 Å². The van der Waals surface area contributed by atoms with Gasteiger partial charge in [-0.2, -0.15) is 0 Å². The van der Waals surface area contributed by atoms with Crippen LogP contribution >= 0.6 is 0 Å². The van der Waals surface area contributed by atoms with Crippen molar-refractivity contribution in [3.05, 3.63) is 65.7 Å². The van der Waals surface area contributed by atoms with E-state index in [0.29, 0.717) is 19.5 Å². The molecule has 154 valence electrons. The van der Waals surface area contributed by atoms with Gasteiger partial charge in [0.25, 0.3) is 0 Å². The number of amides is 3. The molecule has 1 aliphatic rings. The molecular formula is C23H30N4O2. The number of aryl methyl sites for hydroxylation is 1. The Bertz CT molecular complexity index is 807. The number of likely N-dealkylation sites (tertiary alicyclic amines) is 1. The maximum Gasteiger partial charge on any atom is 0.319 e. The molecule has 3 rings (SSSR count). The molecule has 1 saturated heterocycles. The van der Waals surface area contributed by atoms with Gasteiger partial charge in [0.1, 0.15) is 0 Å². The molecule has 0 spiro atoms. The summed E-state index contributed by atoms with van der Waals surface area (Å²) in [5, 5.41) is 5.76. The molecule has 1 aliphatic heterocycles. The summed E-state index contributed by atoms with van der Waals surface area (Å²) < 4.78 is 0. The first kappa shape index (κ1) is 20.9. The summed E-state index contributed by atoms with van der Waals surface area (Å²) in [5.74, 6) is 0.225. The van der Waals surface area contributed by atoms with E-state index in [0.717, 1.165) is 36.2 Å². The van der Waals surface area contributed by atoms with Crippen LogP contribution in [0.25, 0.3) is 0 Å². The number of piperidine rings is 1. The van der Waals surface area contributed by atoms with Gasteiger partial charge in [0.2, 0.25) is 5.91 Å². The van der Waals surface area contributed by atoms with Gasteiger partial charge in [0.05, 0.1) is 6.04 Å². The smallest absolute Gasteiger partial charge is 0.319 e. The van der Waals surface area contributed by atoms with Crippen molar-refractivity contribution in [2.45, 2.75) is 32.2 Å². The molecule has 0 saturated carbocycles. The van der Waals surface area contributed by atoms with Gasteiger partial charge < -0.3 is 21.3 Å². The Kier molecular flexibility index (Phi) is 7.25. The van der Waals surface area contributed by atoms with Crippen LogP contribution in [-0.4, -0.2) is 42.5 Å². The first-order valence-electron chi connectivity index (χ1n) is 10.2. The predicted molar refractivity (Wildman–Crippen MR) is 116 cm³/mol. The van der Waals surface area contributed by atoms with Crippen LogP contribution in [0.1, 0.15) is 24.0 Å². The Hall–Kier alpha value is -2.86. The summed E-state index contributed by atoms with van der Waals surface area (Å²) in [6.07, 6.45) is 2.45. The zero-order valence-electron chi connectivity index (χ0n) is 16.9. The number of rotatable bonds is 6. The first-order valence-corrected chi connectivity index (χ1v) is 10.2. The summed E-state index contributed by atoms with van der Waals surface area (Å²) >= 11 is 0. The zero-order chi connectivity index (χ0) is 20.6.